The van der Waals surface area contributed by atoms with Crippen molar-refractivity contribution < 1.29 is 9.52 Å². The lowest BCUT2D eigenvalue weighted by Gasteiger charge is -2.09. The number of aliphatic hydroxyl groups is 1. The molecular weight excluding hydrogens is 276 g/mol. The second-order valence-corrected chi connectivity index (χ2v) is 5.14. The van der Waals surface area contributed by atoms with Crippen molar-refractivity contribution in [2.45, 2.75) is 26.5 Å². The summed E-state index contributed by atoms with van der Waals surface area (Å²) < 4.78 is 7.47. The summed E-state index contributed by atoms with van der Waals surface area (Å²) in [5, 5.41) is 16.3. The Kier molecular flexibility index (Phi) is 3.28. The molecule has 0 radical (unpaired) electrons. The molecule has 3 rings (SSSR count). The maximum atomic E-state index is 10.5. The lowest BCUT2D eigenvalue weighted by Crippen LogP contribution is -2.08. The van der Waals surface area contributed by atoms with Gasteiger partial charge in [0.15, 0.2) is 11.7 Å². The number of benzene rings is 1. The second kappa shape index (κ2) is 4.96. The van der Waals surface area contributed by atoms with Gasteiger partial charge in [-0.15, -0.1) is 0 Å². The van der Waals surface area contributed by atoms with Crippen LogP contribution in [0.5, 0.6) is 0 Å². The molecule has 0 fully saturated rings. The number of rotatable bonds is 3. The van der Waals surface area contributed by atoms with Gasteiger partial charge in [-0.2, -0.15) is 5.10 Å². The minimum atomic E-state index is -0.848. The number of aliphatic hydroxyl groups excluding tert-OH is 1. The molecular formula is C15H15ClN2O2. The van der Waals surface area contributed by atoms with Crippen molar-refractivity contribution >= 4 is 22.6 Å². The zero-order valence-corrected chi connectivity index (χ0v) is 12.1. The first-order valence-electron chi connectivity index (χ1n) is 6.50. The summed E-state index contributed by atoms with van der Waals surface area (Å²) in [6, 6.07) is 9.21. The highest BCUT2D eigenvalue weighted by Gasteiger charge is 2.20. The zero-order chi connectivity index (χ0) is 14.3. The largest absolute Gasteiger partial charge is 0.456 e. The second-order valence-electron chi connectivity index (χ2n) is 4.74. The highest BCUT2D eigenvalue weighted by Crippen LogP contribution is 2.32. The molecule has 0 amide bonds. The molecule has 0 aliphatic carbocycles. The Hall–Kier alpha value is -1.78. The maximum Gasteiger partial charge on any atom is 0.153 e. The van der Waals surface area contributed by atoms with Crippen LogP contribution in [0.15, 0.2) is 34.7 Å². The molecule has 20 heavy (non-hydrogen) atoms. The molecule has 1 aromatic carbocycles. The smallest absolute Gasteiger partial charge is 0.153 e. The molecule has 1 atom stereocenters. The van der Waals surface area contributed by atoms with Gasteiger partial charge in [0.25, 0.3) is 0 Å². The normalized spacial score (nSPS) is 13.0. The van der Waals surface area contributed by atoms with Gasteiger partial charge in [0, 0.05) is 11.9 Å². The highest BCUT2D eigenvalue weighted by molar-refractivity contribution is 6.34. The van der Waals surface area contributed by atoms with Gasteiger partial charge in [-0.3, -0.25) is 4.68 Å². The standard InChI is InChI=1S/C15H15ClN2O2/c1-3-18-12(7-9(2)17-18)14(19)13-8-10-5-4-6-11(16)15(10)20-13/h4-8,14,19H,3H2,1-2H3. The van der Waals surface area contributed by atoms with Gasteiger partial charge in [0.05, 0.1) is 16.4 Å². The van der Waals surface area contributed by atoms with E-state index in [4.69, 9.17) is 16.0 Å². The van der Waals surface area contributed by atoms with Crippen LogP contribution in [0, 0.1) is 6.92 Å². The Bertz CT molecular complexity index is 760. The predicted octanol–water partition coefficient (Wildman–Crippen LogP) is 3.69. The van der Waals surface area contributed by atoms with Crippen LogP contribution in [-0.2, 0) is 6.54 Å². The molecule has 2 aromatic heterocycles. The maximum absolute atomic E-state index is 10.5. The van der Waals surface area contributed by atoms with E-state index in [1.54, 1.807) is 10.7 Å². The number of halogens is 1. The van der Waals surface area contributed by atoms with Gasteiger partial charge < -0.3 is 9.52 Å². The van der Waals surface area contributed by atoms with Crippen molar-refractivity contribution in [2.75, 3.05) is 0 Å². The third kappa shape index (κ3) is 2.11. The molecule has 0 saturated heterocycles. The molecule has 0 bridgehead atoms. The van der Waals surface area contributed by atoms with Crippen molar-refractivity contribution in [3.8, 4) is 0 Å². The number of aryl methyl sites for hydroxylation is 2. The van der Waals surface area contributed by atoms with E-state index in [0.29, 0.717) is 22.9 Å². The highest BCUT2D eigenvalue weighted by atomic mass is 35.5. The number of furan rings is 1. The third-order valence-electron chi connectivity index (χ3n) is 3.30. The Balaban J connectivity index is 2.07. The first kappa shape index (κ1) is 13.2. The van der Waals surface area contributed by atoms with Crippen LogP contribution in [-0.4, -0.2) is 14.9 Å². The SMILES string of the molecule is CCn1nc(C)cc1C(O)c1cc2cccc(Cl)c2o1. The zero-order valence-electron chi connectivity index (χ0n) is 11.3. The summed E-state index contributed by atoms with van der Waals surface area (Å²) in [4.78, 5) is 0. The molecule has 0 aliphatic rings. The molecule has 1 unspecified atom stereocenters. The summed E-state index contributed by atoms with van der Waals surface area (Å²) in [6.45, 7) is 4.58. The number of para-hydroxylation sites is 1. The molecule has 3 aromatic rings. The number of fused-ring (bicyclic) bond motifs is 1. The van der Waals surface area contributed by atoms with Crippen molar-refractivity contribution in [3.63, 3.8) is 0 Å². The first-order chi connectivity index (χ1) is 9.60. The summed E-state index contributed by atoms with van der Waals surface area (Å²) >= 11 is 6.09. The molecule has 0 saturated carbocycles. The summed E-state index contributed by atoms with van der Waals surface area (Å²) in [5.41, 5.74) is 2.19. The average Bonchev–Trinajstić information content (AvgIpc) is 3.02. The molecule has 104 valence electrons. The summed E-state index contributed by atoms with van der Waals surface area (Å²) in [5.74, 6) is 0.475. The molecule has 4 nitrogen and oxygen atoms in total. The Morgan fingerprint density at radius 3 is 2.90 bits per heavy atom. The van der Waals surface area contributed by atoms with E-state index in [2.05, 4.69) is 5.10 Å². The van der Waals surface area contributed by atoms with Crippen LogP contribution < -0.4 is 0 Å². The molecule has 0 spiro atoms. The number of nitrogens with zero attached hydrogens (tertiary/aromatic N) is 2. The van der Waals surface area contributed by atoms with Crippen LogP contribution in [0.2, 0.25) is 5.02 Å². The minimum absolute atomic E-state index is 0.475. The van der Waals surface area contributed by atoms with E-state index >= 15 is 0 Å². The van der Waals surface area contributed by atoms with E-state index in [0.717, 1.165) is 16.8 Å². The lowest BCUT2D eigenvalue weighted by atomic mass is 10.1. The number of hydrogen-bond donors (Lipinski definition) is 1. The van der Waals surface area contributed by atoms with Gasteiger partial charge in [0.2, 0.25) is 0 Å². The van der Waals surface area contributed by atoms with E-state index in [-0.39, 0.29) is 0 Å². The van der Waals surface area contributed by atoms with Crippen molar-refractivity contribution in [1.29, 1.82) is 0 Å². The van der Waals surface area contributed by atoms with Gasteiger partial charge in [-0.1, -0.05) is 23.7 Å². The number of aromatic nitrogens is 2. The monoisotopic (exact) mass is 290 g/mol. The molecule has 5 heteroatoms. The molecule has 2 heterocycles. The van der Waals surface area contributed by atoms with E-state index < -0.39 is 6.10 Å². The quantitative estimate of drug-likeness (QED) is 0.800. The molecule has 0 aliphatic heterocycles. The Labute approximate surface area is 121 Å². The van der Waals surface area contributed by atoms with Crippen LogP contribution >= 0.6 is 11.6 Å². The predicted molar refractivity (Wildman–Crippen MR) is 77.9 cm³/mol. The topological polar surface area (TPSA) is 51.2 Å². The van der Waals surface area contributed by atoms with E-state index in [1.165, 1.54) is 0 Å². The van der Waals surface area contributed by atoms with Crippen molar-refractivity contribution in [1.82, 2.24) is 9.78 Å². The summed E-state index contributed by atoms with van der Waals surface area (Å²) in [7, 11) is 0. The van der Waals surface area contributed by atoms with Gasteiger partial charge in [0.1, 0.15) is 5.76 Å². The van der Waals surface area contributed by atoms with Gasteiger partial charge >= 0.3 is 0 Å². The average molecular weight is 291 g/mol. The fourth-order valence-electron chi connectivity index (χ4n) is 2.37. The van der Waals surface area contributed by atoms with Crippen molar-refractivity contribution in [3.05, 3.63) is 52.5 Å². The van der Waals surface area contributed by atoms with E-state index in [1.807, 2.05) is 38.1 Å². The van der Waals surface area contributed by atoms with Gasteiger partial charge in [-0.05, 0) is 32.0 Å². The van der Waals surface area contributed by atoms with Crippen LogP contribution in [0.3, 0.4) is 0 Å². The number of hydrogen-bond acceptors (Lipinski definition) is 3. The first-order valence-corrected chi connectivity index (χ1v) is 6.88. The fourth-order valence-corrected chi connectivity index (χ4v) is 2.59. The van der Waals surface area contributed by atoms with Crippen molar-refractivity contribution in [2.24, 2.45) is 0 Å². The summed E-state index contributed by atoms with van der Waals surface area (Å²) in [6.07, 6.45) is -0.848. The Morgan fingerprint density at radius 2 is 2.20 bits per heavy atom. The van der Waals surface area contributed by atoms with Crippen LogP contribution in [0.25, 0.3) is 11.0 Å². The Morgan fingerprint density at radius 1 is 1.40 bits per heavy atom. The fraction of sp³-hybridized carbons (Fsp3) is 0.267. The third-order valence-corrected chi connectivity index (χ3v) is 3.60. The lowest BCUT2D eigenvalue weighted by molar-refractivity contribution is 0.181. The van der Waals surface area contributed by atoms with Crippen LogP contribution in [0.4, 0.5) is 0 Å². The minimum Gasteiger partial charge on any atom is -0.456 e. The van der Waals surface area contributed by atoms with Crippen LogP contribution in [0.1, 0.15) is 30.2 Å². The van der Waals surface area contributed by atoms with E-state index in [9.17, 15) is 5.11 Å². The molecule has 1 N–H and O–H groups in total. The van der Waals surface area contributed by atoms with Gasteiger partial charge in [-0.25, -0.2) is 0 Å².